The maximum atomic E-state index is 12.9. The lowest BCUT2D eigenvalue weighted by Gasteiger charge is -2.32. The molecule has 0 bridgehead atoms. The van der Waals surface area contributed by atoms with Crippen molar-refractivity contribution >= 4 is 23.3 Å². The summed E-state index contributed by atoms with van der Waals surface area (Å²) in [5.41, 5.74) is 4.88. The maximum absolute atomic E-state index is 12.9. The molecule has 160 valence electrons. The Kier molecular flexibility index (Phi) is 6.03. The molecule has 1 aliphatic heterocycles. The summed E-state index contributed by atoms with van der Waals surface area (Å²) in [6, 6.07) is 7.70. The van der Waals surface area contributed by atoms with Gasteiger partial charge in [0.2, 0.25) is 0 Å². The Morgan fingerprint density at radius 1 is 1.19 bits per heavy atom. The van der Waals surface area contributed by atoms with Crippen LogP contribution in [0.4, 0.5) is 0 Å². The largest absolute Gasteiger partial charge is 0.354 e. The monoisotopic (exact) mass is 436 g/mol. The van der Waals surface area contributed by atoms with E-state index in [-0.39, 0.29) is 17.7 Å². The molecule has 1 N–H and O–H groups in total. The number of carbonyl (C=O) groups excluding carboxylic acids is 2. The molecule has 0 aromatic carbocycles. The molecule has 0 unspecified atom stereocenters. The predicted octanol–water partition coefficient (Wildman–Crippen LogP) is 2.99. The average Bonchev–Trinajstić information content (AvgIpc) is 3.23. The Balaban J connectivity index is 1.57. The van der Waals surface area contributed by atoms with E-state index >= 15 is 0 Å². The molecule has 31 heavy (non-hydrogen) atoms. The SMILES string of the molecule is CNC(=O)c1ccc(-c2cc(C)nc([C@@H]3CCCN(C(=O)c4snnc4C)C3)c2)cn1. The quantitative estimate of drug-likeness (QED) is 0.675. The Labute approximate surface area is 184 Å². The van der Waals surface area contributed by atoms with Gasteiger partial charge in [0.25, 0.3) is 11.8 Å². The van der Waals surface area contributed by atoms with E-state index in [1.54, 1.807) is 19.3 Å². The summed E-state index contributed by atoms with van der Waals surface area (Å²) < 4.78 is 3.89. The van der Waals surface area contributed by atoms with Gasteiger partial charge in [-0.2, -0.15) is 0 Å². The first kappa shape index (κ1) is 21.0. The van der Waals surface area contributed by atoms with E-state index in [2.05, 4.69) is 26.0 Å². The number of hydrogen-bond donors (Lipinski definition) is 1. The number of likely N-dealkylation sites (tertiary alicyclic amines) is 1. The van der Waals surface area contributed by atoms with Crippen LogP contribution < -0.4 is 5.32 Å². The van der Waals surface area contributed by atoms with Crippen LogP contribution in [0.15, 0.2) is 30.5 Å². The Morgan fingerprint density at radius 2 is 2.03 bits per heavy atom. The molecule has 1 atom stereocenters. The highest BCUT2D eigenvalue weighted by molar-refractivity contribution is 7.07. The molecular weight excluding hydrogens is 412 g/mol. The summed E-state index contributed by atoms with van der Waals surface area (Å²) >= 11 is 1.15. The van der Waals surface area contributed by atoms with Gasteiger partial charge < -0.3 is 10.2 Å². The fourth-order valence-electron chi connectivity index (χ4n) is 3.87. The number of carbonyl (C=O) groups is 2. The van der Waals surface area contributed by atoms with Gasteiger partial charge in [-0.25, -0.2) is 0 Å². The number of pyridine rings is 2. The van der Waals surface area contributed by atoms with Crippen LogP contribution in [0.3, 0.4) is 0 Å². The van der Waals surface area contributed by atoms with Gasteiger partial charge in [-0.3, -0.25) is 19.6 Å². The summed E-state index contributed by atoms with van der Waals surface area (Å²) in [6.07, 6.45) is 3.61. The fourth-order valence-corrected chi connectivity index (χ4v) is 4.50. The van der Waals surface area contributed by atoms with Gasteiger partial charge in [0, 0.05) is 49.2 Å². The molecule has 4 heterocycles. The minimum Gasteiger partial charge on any atom is -0.354 e. The molecule has 2 amide bonds. The van der Waals surface area contributed by atoms with E-state index in [1.165, 1.54) is 0 Å². The molecule has 0 spiro atoms. The van der Waals surface area contributed by atoms with Crippen molar-refractivity contribution in [3.8, 4) is 11.1 Å². The van der Waals surface area contributed by atoms with Crippen molar-refractivity contribution in [2.24, 2.45) is 0 Å². The van der Waals surface area contributed by atoms with Crippen LogP contribution in [0.25, 0.3) is 11.1 Å². The zero-order valence-electron chi connectivity index (χ0n) is 17.8. The first-order chi connectivity index (χ1) is 15.0. The summed E-state index contributed by atoms with van der Waals surface area (Å²) in [4.78, 5) is 36.2. The number of aromatic nitrogens is 4. The molecular formula is C22H24N6O2S. The van der Waals surface area contributed by atoms with Crippen LogP contribution in [-0.2, 0) is 0 Å². The Morgan fingerprint density at radius 3 is 2.71 bits per heavy atom. The van der Waals surface area contributed by atoms with Crippen LogP contribution in [0.5, 0.6) is 0 Å². The van der Waals surface area contributed by atoms with Gasteiger partial charge in [0.05, 0.1) is 5.69 Å². The van der Waals surface area contributed by atoms with Gasteiger partial charge in [-0.15, -0.1) is 5.10 Å². The number of rotatable bonds is 4. The van der Waals surface area contributed by atoms with Crippen LogP contribution >= 0.6 is 11.5 Å². The average molecular weight is 437 g/mol. The number of nitrogens with one attached hydrogen (secondary N) is 1. The van der Waals surface area contributed by atoms with Gasteiger partial charge in [0.1, 0.15) is 10.6 Å². The lowest BCUT2D eigenvalue weighted by molar-refractivity contribution is 0.0709. The highest BCUT2D eigenvalue weighted by Crippen LogP contribution is 2.30. The first-order valence-corrected chi connectivity index (χ1v) is 11.0. The smallest absolute Gasteiger partial charge is 0.269 e. The molecule has 1 aliphatic rings. The summed E-state index contributed by atoms with van der Waals surface area (Å²) in [6.45, 7) is 5.14. The lowest BCUT2D eigenvalue weighted by atomic mass is 9.92. The van der Waals surface area contributed by atoms with Crippen LogP contribution in [-0.4, -0.2) is 56.4 Å². The van der Waals surface area contributed by atoms with Crippen molar-refractivity contribution < 1.29 is 9.59 Å². The molecule has 3 aromatic heterocycles. The standard InChI is InChI=1S/C22H24N6O2S/c1-13-9-17(15-6-7-18(24-11-15)21(29)23-3)10-19(25-13)16-5-4-8-28(12-16)22(30)20-14(2)26-27-31-20/h6-7,9-11,16H,4-5,8,12H2,1-3H3,(H,23,29)/t16-/m1/s1. The number of aryl methyl sites for hydroxylation is 2. The number of nitrogens with zero attached hydrogens (tertiary/aromatic N) is 5. The van der Waals surface area contributed by atoms with Crippen molar-refractivity contribution in [1.82, 2.24) is 29.8 Å². The first-order valence-electron chi connectivity index (χ1n) is 10.2. The minimum atomic E-state index is -0.212. The maximum Gasteiger partial charge on any atom is 0.269 e. The molecule has 3 aromatic rings. The topological polar surface area (TPSA) is 101 Å². The van der Waals surface area contributed by atoms with Crippen molar-refractivity contribution in [1.29, 1.82) is 0 Å². The van der Waals surface area contributed by atoms with Gasteiger partial charge in [-0.05, 0) is 62.0 Å². The molecule has 0 radical (unpaired) electrons. The predicted molar refractivity (Wildman–Crippen MR) is 118 cm³/mol. The molecule has 0 saturated carbocycles. The molecule has 4 rings (SSSR count). The fraction of sp³-hybridized carbons (Fsp3) is 0.364. The van der Waals surface area contributed by atoms with Crippen molar-refractivity contribution in [2.75, 3.05) is 20.1 Å². The van der Waals surface area contributed by atoms with E-state index in [9.17, 15) is 9.59 Å². The van der Waals surface area contributed by atoms with Crippen molar-refractivity contribution in [2.45, 2.75) is 32.6 Å². The van der Waals surface area contributed by atoms with Crippen LogP contribution in [0.1, 0.15) is 56.0 Å². The lowest BCUT2D eigenvalue weighted by Crippen LogP contribution is -2.39. The molecule has 9 heteroatoms. The van der Waals surface area contributed by atoms with E-state index < -0.39 is 0 Å². The second-order valence-electron chi connectivity index (χ2n) is 7.71. The Hall–Kier alpha value is -3.20. The molecule has 8 nitrogen and oxygen atoms in total. The second-order valence-corrected chi connectivity index (χ2v) is 8.47. The van der Waals surface area contributed by atoms with E-state index in [0.29, 0.717) is 22.8 Å². The third kappa shape index (κ3) is 4.46. The molecule has 1 saturated heterocycles. The third-order valence-electron chi connectivity index (χ3n) is 5.50. The third-order valence-corrected chi connectivity index (χ3v) is 6.32. The minimum absolute atomic E-state index is 0.000865. The highest BCUT2D eigenvalue weighted by atomic mass is 32.1. The molecule has 1 fully saturated rings. The summed E-state index contributed by atoms with van der Waals surface area (Å²) in [5.74, 6) is -0.0498. The van der Waals surface area contributed by atoms with Crippen molar-refractivity contribution in [3.63, 3.8) is 0 Å². The number of piperidine rings is 1. The second kappa shape index (κ2) is 8.89. The van der Waals surface area contributed by atoms with Gasteiger partial charge >= 0.3 is 0 Å². The van der Waals surface area contributed by atoms with E-state index in [4.69, 9.17) is 4.98 Å². The normalized spacial score (nSPS) is 16.2. The van der Waals surface area contributed by atoms with Crippen LogP contribution in [0, 0.1) is 13.8 Å². The Bertz CT molecular complexity index is 1110. The summed E-state index contributed by atoms with van der Waals surface area (Å²) in [5, 5.41) is 6.54. The van der Waals surface area contributed by atoms with Gasteiger partial charge in [0.15, 0.2) is 0 Å². The van der Waals surface area contributed by atoms with E-state index in [1.807, 2.05) is 30.9 Å². The highest BCUT2D eigenvalue weighted by Gasteiger charge is 2.28. The van der Waals surface area contributed by atoms with E-state index in [0.717, 1.165) is 53.4 Å². The van der Waals surface area contributed by atoms with Gasteiger partial charge in [-0.1, -0.05) is 10.6 Å². The summed E-state index contributed by atoms with van der Waals surface area (Å²) in [7, 11) is 1.58. The number of hydrogen-bond acceptors (Lipinski definition) is 7. The molecule has 0 aliphatic carbocycles. The number of amides is 2. The zero-order chi connectivity index (χ0) is 22.0. The van der Waals surface area contributed by atoms with Crippen LogP contribution in [0.2, 0.25) is 0 Å². The van der Waals surface area contributed by atoms with Crippen molar-refractivity contribution in [3.05, 3.63) is 58.1 Å². The zero-order valence-corrected chi connectivity index (χ0v) is 18.6.